The second-order valence-corrected chi connectivity index (χ2v) is 5.67. The first-order valence-corrected chi connectivity index (χ1v) is 7.79. The first-order valence-electron chi connectivity index (χ1n) is 7.79. The van der Waals surface area contributed by atoms with E-state index in [0.29, 0.717) is 24.3 Å². The minimum atomic E-state index is -0.649. The molecule has 1 atom stereocenters. The normalized spacial score (nSPS) is 17.0. The quantitative estimate of drug-likeness (QED) is 0.940. The first-order chi connectivity index (χ1) is 11.5. The average molecular weight is 326 g/mol. The predicted molar refractivity (Wildman–Crippen MR) is 88.9 cm³/mol. The van der Waals surface area contributed by atoms with Gasteiger partial charge in [0.1, 0.15) is 17.1 Å². The molecule has 2 heterocycles. The molecule has 124 valence electrons. The molecule has 1 aromatic carbocycles. The molecular formula is C18H18N2O4. The number of carbonyl (C=O) groups excluding carboxylic acids is 1. The van der Waals surface area contributed by atoms with Gasteiger partial charge in [-0.1, -0.05) is 37.3 Å². The van der Waals surface area contributed by atoms with Gasteiger partial charge in [-0.15, -0.1) is 0 Å². The van der Waals surface area contributed by atoms with Gasteiger partial charge in [0.15, 0.2) is 0 Å². The molecule has 1 amide bonds. The minimum Gasteiger partial charge on any atom is -0.507 e. The van der Waals surface area contributed by atoms with Crippen molar-refractivity contribution in [3.8, 4) is 5.75 Å². The fraction of sp³-hybridized carbons (Fsp3) is 0.278. The van der Waals surface area contributed by atoms with Gasteiger partial charge in [-0.3, -0.25) is 4.79 Å². The van der Waals surface area contributed by atoms with Gasteiger partial charge in [-0.2, -0.15) is 5.10 Å². The van der Waals surface area contributed by atoms with Crippen molar-refractivity contribution in [3.05, 3.63) is 63.7 Å². The molecule has 0 fully saturated rings. The van der Waals surface area contributed by atoms with Crippen LogP contribution in [0.5, 0.6) is 5.75 Å². The highest BCUT2D eigenvalue weighted by atomic mass is 16.4. The van der Waals surface area contributed by atoms with Gasteiger partial charge in [-0.05, 0) is 12.5 Å². The van der Waals surface area contributed by atoms with Crippen LogP contribution < -0.4 is 5.63 Å². The lowest BCUT2D eigenvalue weighted by molar-refractivity contribution is -0.132. The number of benzene rings is 1. The summed E-state index contributed by atoms with van der Waals surface area (Å²) in [5.41, 5.74) is 0.655. The Morgan fingerprint density at radius 2 is 2.08 bits per heavy atom. The molecule has 0 spiro atoms. The van der Waals surface area contributed by atoms with Crippen LogP contribution in [-0.4, -0.2) is 21.7 Å². The molecule has 0 bridgehead atoms. The molecule has 1 aliphatic rings. The Bertz CT molecular complexity index is 855. The standard InChI is InChI=1S/C18H18N2O4/c1-3-16(22)20-14(12-7-5-4-6-8-12)10-13(19-20)17-15(21)9-11(2)24-18(17)23/h4-9,14,21H,3,10H2,1-2H3. The molecular weight excluding hydrogens is 308 g/mol. The molecule has 6 heteroatoms. The number of hydrazone groups is 1. The SMILES string of the molecule is CCC(=O)N1N=C(c2c(O)cc(C)oc2=O)CC1c1ccccc1. The summed E-state index contributed by atoms with van der Waals surface area (Å²) in [5, 5.41) is 15.8. The van der Waals surface area contributed by atoms with Crippen molar-refractivity contribution in [2.75, 3.05) is 0 Å². The molecule has 6 nitrogen and oxygen atoms in total. The number of rotatable bonds is 3. The van der Waals surface area contributed by atoms with Crippen LogP contribution in [0.3, 0.4) is 0 Å². The van der Waals surface area contributed by atoms with Gasteiger partial charge < -0.3 is 9.52 Å². The summed E-state index contributed by atoms with van der Waals surface area (Å²) < 4.78 is 5.06. The number of hydrogen-bond acceptors (Lipinski definition) is 5. The van der Waals surface area contributed by atoms with Crippen LogP contribution in [0.4, 0.5) is 0 Å². The molecule has 1 aliphatic heterocycles. The molecule has 0 aliphatic carbocycles. The van der Waals surface area contributed by atoms with Crippen LogP contribution in [0.15, 0.2) is 50.7 Å². The van der Waals surface area contributed by atoms with Crippen molar-refractivity contribution in [2.24, 2.45) is 5.10 Å². The molecule has 2 aromatic rings. The molecule has 0 radical (unpaired) electrons. The summed E-state index contributed by atoms with van der Waals surface area (Å²) in [7, 11) is 0. The molecule has 1 aromatic heterocycles. The summed E-state index contributed by atoms with van der Waals surface area (Å²) in [5.74, 6) is -0.00380. The fourth-order valence-electron chi connectivity index (χ4n) is 2.85. The lowest BCUT2D eigenvalue weighted by Crippen LogP contribution is -2.26. The third-order valence-electron chi connectivity index (χ3n) is 4.00. The first kappa shape index (κ1) is 16.0. The summed E-state index contributed by atoms with van der Waals surface area (Å²) in [6.07, 6.45) is 0.645. The Hall–Kier alpha value is -2.89. The Morgan fingerprint density at radius 1 is 1.38 bits per heavy atom. The van der Waals surface area contributed by atoms with Crippen LogP contribution in [0.25, 0.3) is 0 Å². The summed E-state index contributed by atoms with van der Waals surface area (Å²) in [4.78, 5) is 24.4. The van der Waals surface area contributed by atoms with E-state index in [1.54, 1.807) is 13.8 Å². The van der Waals surface area contributed by atoms with E-state index < -0.39 is 5.63 Å². The highest BCUT2D eigenvalue weighted by molar-refractivity contribution is 6.04. The third kappa shape index (κ3) is 2.82. The number of aromatic hydroxyl groups is 1. The second kappa shape index (κ2) is 6.31. The van der Waals surface area contributed by atoms with Crippen LogP contribution in [0.2, 0.25) is 0 Å². The highest BCUT2D eigenvalue weighted by Crippen LogP contribution is 2.34. The third-order valence-corrected chi connectivity index (χ3v) is 4.00. The largest absolute Gasteiger partial charge is 0.507 e. The monoisotopic (exact) mass is 326 g/mol. The van der Waals surface area contributed by atoms with Crippen molar-refractivity contribution < 1.29 is 14.3 Å². The fourth-order valence-corrected chi connectivity index (χ4v) is 2.85. The Balaban J connectivity index is 2.05. The molecule has 0 saturated carbocycles. The van der Waals surface area contributed by atoms with Crippen molar-refractivity contribution in [1.29, 1.82) is 0 Å². The van der Waals surface area contributed by atoms with E-state index in [2.05, 4.69) is 5.10 Å². The van der Waals surface area contributed by atoms with Gasteiger partial charge in [0.2, 0.25) is 5.91 Å². The van der Waals surface area contributed by atoms with E-state index in [0.717, 1.165) is 5.56 Å². The van der Waals surface area contributed by atoms with Gasteiger partial charge in [0, 0.05) is 18.9 Å². The maximum atomic E-state index is 12.3. The molecule has 1 N–H and O–H groups in total. The predicted octanol–water partition coefficient (Wildman–Crippen LogP) is 2.74. The molecule has 24 heavy (non-hydrogen) atoms. The zero-order chi connectivity index (χ0) is 17.3. The zero-order valence-electron chi connectivity index (χ0n) is 13.5. The number of carbonyl (C=O) groups is 1. The Morgan fingerprint density at radius 3 is 2.71 bits per heavy atom. The van der Waals surface area contributed by atoms with Crippen LogP contribution in [0, 0.1) is 6.92 Å². The zero-order valence-corrected chi connectivity index (χ0v) is 13.5. The number of amides is 1. The molecule has 0 saturated heterocycles. The maximum Gasteiger partial charge on any atom is 0.348 e. The second-order valence-electron chi connectivity index (χ2n) is 5.67. The number of aryl methyl sites for hydroxylation is 1. The highest BCUT2D eigenvalue weighted by Gasteiger charge is 2.34. The lowest BCUT2D eigenvalue weighted by atomic mass is 9.98. The summed E-state index contributed by atoms with van der Waals surface area (Å²) in [6, 6.07) is 10.6. The van der Waals surface area contributed by atoms with E-state index in [9.17, 15) is 14.7 Å². The average Bonchev–Trinajstić information content (AvgIpc) is 2.99. The van der Waals surface area contributed by atoms with Crippen molar-refractivity contribution >= 4 is 11.6 Å². The smallest absolute Gasteiger partial charge is 0.348 e. The maximum absolute atomic E-state index is 12.3. The number of nitrogens with zero attached hydrogens (tertiary/aromatic N) is 2. The van der Waals surface area contributed by atoms with Gasteiger partial charge in [0.25, 0.3) is 0 Å². The van der Waals surface area contributed by atoms with E-state index in [1.165, 1.54) is 11.1 Å². The van der Waals surface area contributed by atoms with Crippen LogP contribution >= 0.6 is 0 Å². The topological polar surface area (TPSA) is 83.1 Å². The minimum absolute atomic E-state index is 0.0212. The van der Waals surface area contributed by atoms with E-state index in [1.807, 2.05) is 30.3 Å². The van der Waals surface area contributed by atoms with Crippen molar-refractivity contribution in [1.82, 2.24) is 5.01 Å². The van der Waals surface area contributed by atoms with Gasteiger partial charge >= 0.3 is 5.63 Å². The Kier molecular flexibility index (Phi) is 4.20. The summed E-state index contributed by atoms with van der Waals surface area (Å²) in [6.45, 7) is 3.34. The van der Waals surface area contributed by atoms with Crippen LogP contribution in [0.1, 0.15) is 42.7 Å². The lowest BCUT2D eigenvalue weighted by Gasteiger charge is -2.21. The van der Waals surface area contributed by atoms with Crippen LogP contribution in [-0.2, 0) is 4.79 Å². The van der Waals surface area contributed by atoms with E-state index in [-0.39, 0.29) is 23.3 Å². The van der Waals surface area contributed by atoms with Gasteiger partial charge in [0.05, 0.1) is 11.8 Å². The molecule has 1 unspecified atom stereocenters. The molecule has 3 rings (SSSR count). The van der Waals surface area contributed by atoms with E-state index in [4.69, 9.17) is 4.42 Å². The Labute approximate surface area is 139 Å². The number of hydrogen-bond donors (Lipinski definition) is 1. The van der Waals surface area contributed by atoms with Gasteiger partial charge in [-0.25, -0.2) is 9.80 Å². The van der Waals surface area contributed by atoms with E-state index >= 15 is 0 Å². The van der Waals surface area contributed by atoms with Crippen molar-refractivity contribution in [3.63, 3.8) is 0 Å². The van der Waals surface area contributed by atoms with Crippen molar-refractivity contribution in [2.45, 2.75) is 32.7 Å². The summed E-state index contributed by atoms with van der Waals surface area (Å²) >= 11 is 0.